The van der Waals surface area contributed by atoms with Gasteiger partial charge in [-0.2, -0.15) is 0 Å². The molecule has 0 unspecified atom stereocenters. The Hall–Kier alpha value is -0.943. The minimum Gasteiger partial charge on any atom is -0.503 e. The SMILES string of the molecule is CC1(C)O[C@@H](CO[Si](C)(C)C(C)(C)C)[C@H](/C(O)=C\[N+]#N)O1. The third-order valence-electron chi connectivity index (χ3n) is 4.08. The molecular weight excluding hydrogens is 288 g/mol. The highest BCUT2D eigenvalue weighted by molar-refractivity contribution is 6.74. The molecule has 1 heterocycles. The van der Waals surface area contributed by atoms with Crippen LogP contribution in [-0.4, -0.2) is 38.0 Å². The minimum absolute atomic E-state index is 0.0930. The van der Waals surface area contributed by atoms with E-state index in [1.54, 1.807) is 13.8 Å². The lowest BCUT2D eigenvalue weighted by Gasteiger charge is -2.37. The van der Waals surface area contributed by atoms with Crippen LogP contribution >= 0.6 is 0 Å². The number of nitrogens with zero attached hydrogens (tertiary/aromatic N) is 2. The predicted molar refractivity (Wildman–Crippen MR) is 82.8 cm³/mol. The van der Waals surface area contributed by atoms with Gasteiger partial charge in [-0.1, -0.05) is 20.8 Å². The lowest BCUT2D eigenvalue weighted by molar-refractivity contribution is -0.148. The van der Waals surface area contributed by atoms with E-state index in [1.165, 1.54) is 0 Å². The Balaban J connectivity index is 2.81. The summed E-state index contributed by atoms with van der Waals surface area (Å²) in [5, 5.41) is 18.5. The first-order valence-corrected chi connectivity index (χ1v) is 10.0. The highest BCUT2D eigenvalue weighted by atomic mass is 28.4. The molecule has 0 bridgehead atoms. The summed E-state index contributed by atoms with van der Waals surface area (Å²) in [5.41, 5.74) is 0. The Morgan fingerprint density at radius 1 is 1.38 bits per heavy atom. The zero-order chi connectivity index (χ0) is 16.5. The fourth-order valence-electron chi connectivity index (χ4n) is 1.85. The molecule has 1 aliphatic rings. The zero-order valence-corrected chi connectivity index (χ0v) is 15.0. The Morgan fingerprint density at radius 2 is 1.95 bits per heavy atom. The van der Waals surface area contributed by atoms with Crippen LogP contribution in [0.4, 0.5) is 0 Å². The molecule has 7 heteroatoms. The van der Waals surface area contributed by atoms with Crippen molar-refractivity contribution in [2.45, 2.75) is 70.7 Å². The molecule has 0 aromatic heterocycles. The smallest absolute Gasteiger partial charge is 0.390 e. The van der Waals surface area contributed by atoms with E-state index in [0.29, 0.717) is 6.61 Å². The summed E-state index contributed by atoms with van der Waals surface area (Å²) in [5.74, 6) is -0.990. The molecule has 0 amide bonds. The first-order chi connectivity index (χ1) is 9.39. The Morgan fingerprint density at radius 3 is 2.43 bits per heavy atom. The lowest BCUT2D eigenvalue weighted by atomic mass is 10.2. The highest BCUT2D eigenvalue weighted by Crippen LogP contribution is 2.38. The molecule has 0 aliphatic carbocycles. The molecule has 1 fully saturated rings. The second kappa shape index (κ2) is 6.05. The van der Waals surface area contributed by atoms with Gasteiger partial charge in [0.1, 0.15) is 6.10 Å². The van der Waals surface area contributed by atoms with E-state index in [0.717, 1.165) is 6.20 Å². The Labute approximate surface area is 127 Å². The second-order valence-corrected chi connectivity index (χ2v) is 12.1. The standard InChI is InChI=1S/C14H26N2O4Si/c1-13(2,3)21(6,7)18-9-11-12(10(17)8-16-15)20-14(4,5)19-11/h8,11-12H,9H2,1-7H3/p+1/b10-8+/t11-,12-/m0/s1. The fraction of sp³-hybridized carbons (Fsp3) is 0.857. The van der Waals surface area contributed by atoms with E-state index >= 15 is 0 Å². The molecule has 1 rings (SSSR count). The summed E-state index contributed by atoms with van der Waals surface area (Å²) in [6.45, 7) is 14.7. The number of rotatable bonds is 4. The number of aliphatic hydroxyl groups excluding tert-OH is 1. The monoisotopic (exact) mass is 315 g/mol. The maximum Gasteiger partial charge on any atom is 0.390 e. The van der Waals surface area contributed by atoms with Gasteiger partial charge in [0.25, 0.3) is 0 Å². The van der Waals surface area contributed by atoms with Gasteiger partial charge in [-0.05, 0) is 32.0 Å². The predicted octanol–water partition coefficient (Wildman–Crippen LogP) is 3.78. The van der Waals surface area contributed by atoms with Crippen LogP contribution in [0.25, 0.3) is 4.98 Å². The highest BCUT2D eigenvalue weighted by Gasteiger charge is 2.46. The van der Waals surface area contributed by atoms with Crippen molar-refractivity contribution in [1.82, 2.24) is 0 Å². The first kappa shape index (κ1) is 18.1. The third-order valence-corrected chi connectivity index (χ3v) is 8.58. The zero-order valence-electron chi connectivity index (χ0n) is 14.0. The van der Waals surface area contributed by atoms with Gasteiger partial charge in [0.2, 0.25) is 11.2 Å². The van der Waals surface area contributed by atoms with Crippen molar-refractivity contribution in [3.05, 3.63) is 16.9 Å². The van der Waals surface area contributed by atoms with Crippen LogP contribution in [-0.2, 0) is 13.9 Å². The van der Waals surface area contributed by atoms with Crippen LogP contribution in [0.3, 0.4) is 0 Å². The molecule has 0 radical (unpaired) electrons. The molecule has 1 N–H and O–H groups in total. The van der Waals surface area contributed by atoms with Crippen molar-refractivity contribution in [2.75, 3.05) is 6.61 Å². The minimum atomic E-state index is -1.91. The molecule has 120 valence electrons. The summed E-state index contributed by atoms with van der Waals surface area (Å²) < 4.78 is 17.6. The van der Waals surface area contributed by atoms with Gasteiger partial charge >= 0.3 is 6.20 Å². The normalized spacial score (nSPS) is 26.7. The summed E-state index contributed by atoms with van der Waals surface area (Å²) in [6, 6.07) is 0. The second-order valence-electron chi connectivity index (χ2n) is 7.34. The van der Waals surface area contributed by atoms with Crippen molar-refractivity contribution < 1.29 is 19.0 Å². The number of diazo groups is 1. The summed E-state index contributed by atoms with van der Waals surface area (Å²) in [4.78, 5) is 2.83. The molecule has 6 nitrogen and oxygen atoms in total. The lowest BCUT2D eigenvalue weighted by Crippen LogP contribution is -2.44. The van der Waals surface area contributed by atoms with Crippen molar-refractivity contribution in [1.29, 1.82) is 5.39 Å². The molecule has 1 aliphatic heterocycles. The van der Waals surface area contributed by atoms with Crippen molar-refractivity contribution in [2.24, 2.45) is 0 Å². The number of hydrogen-bond acceptors (Lipinski definition) is 5. The van der Waals surface area contributed by atoms with Gasteiger partial charge in [-0.25, -0.2) is 0 Å². The molecule has 0 saturated carbocycles. The molecule has 1 saturated heterocycles. The third kappa shape index (κ3) is 4.51. The van der Waals surface area contributed by atoms with E-state index in [9.17, 15) is 5.11 Å². The Kier molecular flexibility index (Phi) is 5.21. The average Bonchev–Trinajstić information content (AvgIpc) is 2.61. The van der Waals surface area contributed by atoms with E-state index in [-0.39, 0.29) is 10.8 Å². The fourth-order valence-corrected chi connectivity index (χ4v) is 2.86. The van der Waals surface area contributed by atoms with Crippen molar-refractivity contribution >= 4 is 8.32 Å². The maximum absolute atomic E-state index is 9.90. The quantitative estimate of drug-likeness (QED) is 0.485. The van der Waals surface area contributed by atoms with Gasteiger partial charge in [0.15, 0.2) is 25.2 Å². The van der Waals surface area contributed by atoms with Crippen LogP contribution in [0.5, 0.6) is 0 Å². The van der Waals surface area contributed by atoms with E-state index in [1.807, 2.05) is 0 Å². The van der Waals surface area contributed by atoms with Gasteiger partial charge in [0, 0.05) is 0 Å². The van der Waals surface area contributed by atoms with Crippen LogP contribution in [0, 0.1) is 5.39 Å². The summed E-state index contributed by atoms with van der Waals surface area (Å²) >= 11 is 0. The van der Waals surface area contributed by atoms with E-state index < -0.39 is 26.3 Å². The average molecular weight is 315 g/mol. The number of aliphatic hydroxyl groups is 1. The summed E-state index contributed by atoms with van der Waals surface area (Å²) in [7, 11) is -1.91. The van der Waals surface area contributed by atoms with E-state index in [4.69, 9.17) is 19.3 Å². The van der Waals surface area contributed by atoms with Gasteiger partial charge in [-0.15, -0.1) is 0 Å². The van der Waals surface area contributed by atoms with Gasteiger partial charge in [-0.3, -0.25) is 0 Å². The molecular formula is C14H27N2O4Si+. The Bertz CT molecular complexity index is 449. The van der Waals surface area contributed by atoms with Crippen LogP contribution in [0.15, 0.2) is 12.0 Å². The van der Waals surface area contributed by atoms with Gasteiger partial charge in [0.05, 0.1) is 6.61 Å². The molecule has 0 aromatic rings. The number of ether oxygens (including phenoxy) is 2. The largest absolute Gasteiger partial charge is 0.503 e. The maximum atomic E-state index is 9.90. The van der Waals surface area contributed by atoms with Gasteiger partial charge < -0.3 is 19.0 Å². The molecule has 0 spiro atoms. The topological polar surface area (TPSA) is 76.1 Å². The first-order valence-electron chi connectivity index (χ1n) is 7.12. The van der Waals surface area contributed by atoms with Crippen molar-refractivity contribution in [3.63, 3.8) is 0 Å². The van der Waals surface area contributed by atoms with Crippen LogP contribution in [0.2, 0.25) is 18.1 Å². The van der Waals surface area contributed by atoms with Crippen LogP contribution in [0.1, 0.15) is 34.6 Å². The van der Waals surface area contributed by atoms with Crippen molar-refractivity contribution in [3.8, 4) is 0 Å². The van der Waals surface area contributed by atoms with Crippen LogP contribution < -0.4 is 0 Å². The molecule has 21 heavy (non-hydrogen) atoms. The summed E-state index contributed by atoms with van der Waals surface area (Å²) in [6.07, 6.45) is -0.179. The molecule has 0 aromatic carbocycles. The molecule has 2 atom stereocenters. The van der Waals surface area contributed by atoms with E-state index in [2.05, 4.69) is 38.8 Å². The number of hydrogen-bond donors (Lipinski definition) is 1.